The molecule has 6 nitrogen and oxygen atoms in total. The number of esters is 3. The number of hydrogen-bond acceptors (Lipinski definition) is 6. The molecule has 0 aromatic heterocycles. The van der Waals surface area contributed by atoms with Crippen LogP contribution in [0.4, 0.5) is 0 Å². The fraction of sp³-hybridized carbons (Fsp3) is 0.625. The third kappa shape index (κ3) is 0.826. The summed E-state index contributed by atoms with van der Waals surface area (Å²) in [7, 11) is 1.16. The maximum atomic E-state index is 11.4. The summed E-state index contributed by atoms with van der Waals surface area (Å²) in [6.07, 6.45) is 0. The summed E-state index contributed by atoms with van der Waals surface area (Å²) < 4.78 is 13.8. The summed E-state index contributed by atoms with van der Waals surface area (Å²) >= 11 is 0. The number of cyclic esters (lactones) is 2. The van der Waals surface area contributed by atoms with Gasteiger partial charge in [-0.3, -0.25) is 14.4 Å². The van der Waals surface area contributed by atoms with Gasteiger partial charge in [0.25, 0.3) is 0 Å². The van der Waals surface area contributed by atoms with Crippen LogP contribution in [0.1, 0.15) is 0 Å². The molecule has 2 rings (SSSR count). The molecule has 14 heavy (non-hydrogen) atoms. The van der Waals surface area contributed by atoms with Gasteiger partial charge in [-0.2, -0.15) is 0 Å². The molecule has 2 fully saturated rings. The first-order valence-electron chi connectivity index (χ1n) is 4.05. The molecular formula is C8H8O6. The Labute approximate surface area is 79.1 Å². The molecule has 0 bridgehead atoms. The highest BCUT2D eigenvalue weighted by atomic mass is 16.6. The Morgan fingerprint density at radius 1 is 1.50 bits per heavy atom. The molecule has 76 valence electrons. The van der Waals surface area contributed by atoms with Crippen LogP contribution < -0.4 is 0 Å². The lowest BCUT2D eigenvalue weighted by atomic mass is 9.80. The molecule has 2 aliphatic heterocycles. The number of hydrogen-bond donors (Lipinski definition) is 0. The topological polar surface area (TPSA) is 78.9 Å². The molecule has 0 saturated carbocycles. The predicted molar refractivity (Wildman–Crippen MR) is 39.9 cm³/mol. The van der Waals surface area contributed by atoms with E-state index in [1.165, 1.54) is 0 Å². The lowest BCUT2D eigenvalue weighted by Crippen LogP contribution is -2.42. The summed E-state index contributed by atoms with van der Waals surface area (Å²) in [6, 6.07) is 0. The number of methoxy groups -OCH3 is 1. The highest BCUT2D eigenvalue weighted by Gasteiger charge is 2.67. The Morgan fingerprint density at radius 3 is 2.86 bits per heavy atom. The zero-order valence-corrected chi connectivity index (χ0v) is 7.44. The van der Waals surface area contributed by atoms with Gasteiger partial charge in [-0.15, -0.1) is 0 Å². The summed E-state index contributed by atoms with van der Waals surface area (Å²) in [4.78, 5) is 34.0. The second kappa shape index (κ2) is 2.70. The average Bonchev–Trinajstić information content (AvgIpc) is 2.68. The largest absolute Gasteiger partial charge is 0.468 e. The van der Waals surface area contributed by atoms with Crippen LogP contribution >= 0.6 is 0 Å². The molecule has 2 aliphatic rings. The van der Waals surface area contributed by atoms with Gasteiger partial charge in [0.2, 0.25) is 5.41 Å². The third-order valence-corrected chi connectivity index (χ3v) is 2.62. The van der Waals surface area contributed by atoms with E-state index in [9.17, 15) is 14.4 Å². The van der Waals surface area contributed by atoms with Crippen molar-refractivity contribution in [2.45, 2.75) is 0 Å². The Bertz CT molecular complexity index is 322. The highest BCUT2D eigenvalue weighted by molar-refractivity contribution is 6.07. The minimum absolute atomic E-state index is 0.104. The lowest BCUT2D eigenvalue weighted by Gasteiger charge is -2.16. The highest BCUT2D eigenvalue weighted by Crippen LogP contribution is 2.42. The molecule has 0 radical (unpaired) electrons. The molecule has 0 amide bonds. The maximum absolute atomic E-state index is 11.4. The van der Waals surface area contributed by atoms with E-state index < -0.39 is 29.2 Å². The van der Waals surface area contributed by atoms with Crippen LogP contribution in [0.2, 0.25) is 0 Å². The summed E-state index contributed by atoms with van der Waals surface area (Å²) in [6.45, 7) is -0.380. The van der Waals surface area contributed by atoms with Crippen molar-refractivity contribution < 1.29 is 28.6 Å². The van der Waals surface area contributed by atoms with Crippen molar-refractivity contribution in [3.63, 3.8) is 0 Å². The minimum Gasteiger partial charge on any atom is -0.468 e. The van der Waals surface area contributed by atoms with Gasteiger partial charge in [-0.1, -0.05) is 0 Å². The van der Waals surface area contributed by atoms with Crippen molar-refractivity contribution in [3.05, 3.63) is 0 Å². The number of rotatable bonds is 1. The number of carbonyl (C=O) groups excluding carboxylic acids is 3. The van der Waals surface area contributed by atoms with E-state index in [2.05, 4.69) is 14.2 Å². The van der Waals surface area contributed by atoms with Crippen molar-refractivity contribution in [2.75, 3.05) is 20.3 Å². The molecule has 0 spiro atoms. The lowest BCUT2D eigenvalue weighted by molar-refractivity contribution is -0.164. The Hall–Kier alpha value is -1.59. The van der Waals surface area contributed by atoms with Gasteiger partial charge < -0.3 is 14.2 Å². The molecule has 2 atom stereocenters. The molecule has 0 aromatic rings. The van der Waals surface area contributed by atoms with Crippen LogP contribution in [0.25, 0.3) is 0 Å². The molecule has 6 heteroatoms. The van der Waals surface area contributed by atoms with Crippen molar-refractivity contribution in [1.29, 1.82) is 0 Å². The smallest absolute Gasteiger partial charge is 0.328 e. The van der Waals surface area contributed by atoms with Crippen LogP contribution in [0, 0.1) is 11.3 Å². The molecular weight excluding hydrogens is 192 g/mol. The molecule has 2 saturated heterocycles. The van der Waals surface area contributed by atoms with Gasteiger partial charge in [0.1, 0.15) is 19.1 Å². The Morgan fingerprint density at radius 2 is 2.21 bits per heavy atom. The molecule has 0 N–H and O–H groups in total. The predicted octanol–water partition coefficient (Wildman–Crippen LogP) is -1.12. The number of carbonyl (C=O) groups is 3. The fourth-order valence-corrected chi connectivity index (χ4v) is 1.75. The number of fused-ring (bicyclic) bond motifs is 1. The van der Waals surface area contributed by atoms with Crippen molar-refractivity contribution in [3.8, 4) is 0 Å². The Balaban J connectivity index is 2.42. The Kier molecular flexibility index (Phi) is 1.73. The zero-order valence-electron chi connectivity index (χ0n) is 7.44. The van der Waals surface area contributed by atoms with Gasteiger partial charge in [0.15, 0.2) is 0 Å². The van der Waals surface area contributed by atoms with Gasteiger partial charge in [0.05, 0.1) is 7.11 Å². The standard InChI is InChI=1S/C8H8O6/c1-12-6(10)8-3-14-5(9)4(8)2-13-7(8)11/h4H,2-3H2,1H3. The van der Waals surface area contributed by atoms with Crippen molar-refractivity contribution >= 4 is 17.9 Å². The van der Waals surface area contributed by atoms with Crippen LogP contribution in [0.5, 0.6) is 0 Å². The van der Waals surface area contributed by atoms with E-state index in [1.54, 1.807) is 0 Å². The summed E-state index contributed by atoms with van der Waals surface area (Å²) in [5.41, 5.74) is -1.55. The van der Waals surface area contributed by atoms with E-state index in [4.69, 9.17) is 0 Å². The SMILES string of the molecule is COC(=O)C12COC(=O)C1COC2=O. The van der Waals surface area contributed by atoms with Gasteiger partial charge in [0, 0.05) is 0 Å². The molecule has 2 unspecified atom stereocenters. The fourth-order valence-electron chi connectivity index (χ4n) is 1.75. The summed E-state index contributed by atoms with van der Waals surface area (Å²) in [5, 5.41) is 0. The van der Waals surface area contributed by atoms with Crippen LogP contribution in [0.3, 0.4) is 0 Å². The first-order chi connectivity index (χ1) is 6.63. The van der Waals surface area contributed by atoms with Crippen LogP contribution in [-0.2, 0) is 28.6 Å². The van der Waals surface area contributed by atoms with Crippen LogP contribution in [0.15, 0.2) is 0 Å². The van der Waals surface area contributed by atoms with E-state index >= 15 is 0 Å². The van der Waals surface area contributed by atoms with Gasteiger partial charge in [-0.25, -0.2) is 0 Å². The molecule has 0 aliphatic carbocycles. The monoisotopic (exact) mass is 200 g/mol. The minimum atomic E-state index is -1.55. The van der Waals surface area contributed by atoms with Crippen molar-refractivity contribution in [2.24, 2.45) is 11.3 Å². The molecule has 2 heterocycles. The first-order valence-corrected chi connectivity index (χ1v) is 4.05. The van der Waals surface area contributed by atoms with Crippen molar-refractivity contribution in [1.82, 2.24) is 0 Å². The zero-order chi connectivity index (χ0) is 10.3. The van der Waals surface area contributed by atoms with E-state index in [-0.39, 0.29) is 13.2 Å². The third-order valence-electron chi connectivity index (χ3n) is 2.62. The second-order valence-electron chi connectivity index (χ2n) is 3.22. The van der Waals surface area contributed by atoms with Crippen LogP contribution in [-0.4, -0.2) is 38.2 Å². The quantitative estimate of drug-likeness (QED) is 0.303. The van der Waals surface area contributed by atoms with E-state index in [0.717, 1.165) is 7.11 Å². The average molecular weight is 200 g/mol. The maximum Gasteiger partial charge on any atom is 0.328 e. The number of ether oxygens (including phenoxy) is 3. The normalized spacial score (nSPS) is 34.8. The first kappa shape index (κ1) is 8.98. The van der Waals surface area contributed by atoms with Gasteiger partial charge in [-0.05, 0) is 0 Å². The van der Waals surface area contributed by atoms with E-state index in [1.807, 2.05) is 0 Å². The second-order valence-corrected chi connectivity index (χ2v) is 3.22. The van der Waals surface area contributed by atoms with E-state index in [0.29, 0.717) is 0 Å². The van der Waals surface area contributed by atoms with Gasteiger partial charge >= 0.3 is 17.9 Å². The summed E-state index contributed by atoms with van der Waals surface area (Å²) in [5.74, 6) is -2.93. The molecule has 0 aromatic carbocycles.